The maximum absolute atomic E-state index is 3.72. The molecular formula is C17H23NS. The van der Waals surface area contributed by atoms with E-state index >= 15 is 0 Å². The summed E-state index contributed by atoms with van der Waals surface area (Å²) in [5.41, 5.74) is 1.42. The Morgan fingerprint density at radius 2 is 1.95 bits per heavy atom. The Labute approximate surface area is 120 Å². The number of unbranched alkanes of at least 4 members (excludes halogenated alkanes) is 1. The second-order valence-electron chi connectivity index (χ2n) is 4.89. The van der Waals surface area contributed by atoms with E-state index in [9.17, 15) is 0 Å². The highest BCUT2D eigenvalue weighted by Gasteiger charge is 2.09. The van der Waals surface area contributed by atoms with Crippen molar-refractivity contribution in [2.24, 2.45) is 0 Å². The van der Waals surface area contributed by atoms with Crippen LogP contribution in [-0.4, -0.2) is 6.54 Å². The summed E-state index contributed by atoms with van der Waals surface area (Å²) in [4.78, 5) is 1.47. The molecule has 0 saturated carbocycles. The minimum absolute atomic E-state index is 0.501. The zero-order chi connectivity index (χ0) is 13.3. The van der Waals surface area contributed by atoms with Crippen molar-refractivity contribution in [2.45, 2.75) is 38.6 Å². The van der Waals surface area contributed by atoms with Gasteiger partial charge in [-0.15, -0.1) is 11.3 Å². The van der Waals surface area contributed by atoms with Gasteiger partial charge in [0.1, 0.15) is 0 Å². The lowest BCUT2D eigenvalue weighted by molar-refractivity contribution is 0.485. The molecule has 1 heterocycles. The van der Waals surface area contributed by atoms with Gasteiger partial charge in [-0.05, 0) is 29.9 Å². The third-order valence-corrected chi connectivity index (χ3v) is 4.33. The zero-order valence-corrected chi connectivity index (χ0v) is 12.5. The molecule has 1 unspecified atom stereocenters. The maximum atomic E-state index is 3.72. The molecule has 0 bridgehead atoms. The van der Waals surface area contributed by atoms with E-state index in [1.165, 1.54) is 29.7 Å². The molecule has 1 aromatic carbocycles. The fourth-order valence-corrected chi connectivity index (χ4v) is 3.01. The molecule has 0 aliphatic heterocycles. The third kappa shape index (κ3) is 4.81. The first-order valence-electron chi connectivity index (χ1n) is 7.21. The van der Waals surface area contributed by atoms with Crippen LogP contribution in [0.5, 0.6) is 0 Å². The molecular weight excluding hydrogens is 250 g/mol. The molecule has 0 aliphatic carbocycles. The first kappa shape index (κ1) is 14.3. The lowest BCUT2D eigenvalue weighted by Crippen LogP contribution is -2.23. The number of hydrogen-bond acceptors (Lipinski definition) is 2. The van der Waals surface area contributed by atoms with Crippen LogP contribution in [0.4, 0.5) is 0 Å². The molecule has 0 spiro atoms. The quantitative estimate of drug-likeness (QED) is 0.727. The van der Waals surface area contributed by atoms with E-state index in [2.05, 4.69) is 60.1 Å². The van der Waals surface area contributed by atoms with Gasteiger partial charge in [-0.25, -0.2) is 0 Å². The Bertz CT molecular complexity index is 436. The molecule has 1 N–H and O–H groups in total. The highest BCUT2D eigenvalue weighted by molar-refractivity contribution is 7.09. The topological polar surface area (TPSA) is 12.0 Å². The van der Waals surface area contributed by atoms with Gasteiger partial charge in [0, 0.05) is 17.5 Å². The average Bonchev–Trinajstić information content (AvgIpc) is 2.97. The lowest BCUT2D eigenvalue weighted by atomic mass is 10.0. The summed E-state index contributed by atoms with van der Waals surface area (Å²) in [6.45, 7) is 3.32. The summed E-state index contributed by atoms with van der Waals surface area (Å²) in [5, 5.41) is 5.87. The normalized spacial score (nSPS) is 12.5. The molecule has 102 valence electrons. The van der Waals surface area contributed by atoms with E-state index in [4.69, 9.17) is 0 Å². The lowest BCUT2D eigenvalue weighted by Gasteiger charge is -2.19. The Balaban J connectivity index is 1.87. The van der Waals surface area contributed by atoms with Crippen LogP contribution in [0.1, 0.15) is 42.7 Å². The van der Waals surface area contributed by atoms with Crippen molar-refractivity contribution in [1.82, 2.24) is 5.32 Å². The summed E-state index contributed by atoms with van der Waals surface area (Å²) < 4.78 is 0. The van der Waals surface area contributed by atoms with Gasteiger partial charge in [0.15, 0.2) is 0 Å². The second kappa shape index (κ2) is 8.13. The summed E-state index contributed by atoms with van der Waals surface area (Å²) in [6, 6.07) is 15.7. The minimum Gasteiger partial charge on any atom is -0.310 e. The van der Waals surface area contributed by atoms with Crippen LogP contribution in [0.3, 0.4) is 0 Å². The number of thiophene rings is 1. The van der Waals surface area contributed by atoms with Crippen molar-refractivity contribution in [1.29, 1.82) is 0 Å². The average molecular weight is 273 g/mol. The van der Waals surface area contributed by atoms with Crippen LogP contribution in [0.15, 0.2) is 47.8 Å². The Hall–Kier alpha value is -1.12. The van der Waals surface area contributed by atoms with Crippen LogP contribution in [0.25, 0.3) is 0 Å². The van der Waals surface area contributed by atoms with Gasteiger partial charge in [-0.1, -0.05) is 56.2 Å². The number of rotatable bonds is 8. The van der Waals surface area contributed by atoms with Crippen LogP contribution in [0.2, 0.25) is 0 Å². The second-order valence-corrected chi connectivity index (χ2v) is 5.92. The fraction of sp³-hybridized carbons (Fsp3) is 0.412. The molecule has 1 atom stereocenters. The van der Waals surface area contributed by atoms with E-state index in [1.54, 1.807) is 0 Å². The van der Waals surface area contributed by atoms with E-state index in [-0.39, 0.29) is 0 Å². The smallest absolute Gasteiger partial charge is 0.0320 e. The Morgan fingerprint density at radius 3 is 2.63 bits per heavy atom. The number of hydrogen-bond donors (Lipinski definition) is 1. The van der Waals surface area contributed by atoms with Crippen molar-refractivity contribution in [3.05, 3.63) is 58.3 Å². The van der Waals surface area contributed by atoms with Crippen LogP contribution < -0.4 is 5.32 Å². The monoisotopic (exact) mass is 273 g/mol. The van der Waals surface area contributed by atoms with Gasteiger partial charge in [-0.3, -0.25) is 0 Å². The molecule has 1 nitrogen and oxygen atoms in total. The number of nitrogens with one attached hydrogen (secondary N) is 1. The first-order valence-corrected chi connectivity index (χ1v) is 8.09. The summed E-state index contributed by atoms with van der Waals surface area (Å²) >= 11 is 1.85. The molecule has 19 heavy (non-hydrogen) atoms. The molecule has 0 fully saturated rings. The van der Waals surface area contributed by atoms with Crippen LogP contribution in [-0.2, 0) is 6.42 Å². The standard InChI is InChI=1S/C17H23NS/c1-2-3-11-17(15-8-5-4-6-9-15)18-13-12-16-10-7-14-19-16/h4-10,14,17-18H,2-3,11-13H2,1H3. The zero-order valence-electron chi connectivity index (χ0n) is 11.6. The predicted octanol–water partition coefficient (Wildman–Crippen LogP) is 4.81. The highest BCUT2D eigenvalue weighted by Crippen LogP contribution is 2.19. The maximum Gasteiger partial charge on any atom is 0.0320 e. The van der Waals surface area contributed by atoms with Gasteiger partial charge >= 0.3 is 0 Å². The van der Waals surface area contributed by atoms with E-state index < -0.39 is 0 Å². The molecule has 1 aromatic heterocycles. The Kier molecular flexibility index (Phi) is 6.12. The van der Waals surface area contributed by atoms with Crippen molar-refractivity contribution in [3.63, 3.8) is 0 Å². The van der Waals surface area contributed by atoms with Crippen molar-refractivity contribution >= 4 is 11.3 Å². The predicted molar refractivity (Wildman–Crippen MR) is 84.7 cm³/mol. The highest BCUT2D eigenvalue weighted by atomic mass is 32.1. The van der Waals surface area contributed by atoms with E-state index in [0.717, 1.165) is 13.0 Å². The number of benzene rings is 1. The SMILES string of the molecule is CCCCC(NCCc1cccs1)c1ccccc1. The molecule has 0 saturated heterocycles. The molecule has 0 aliphatic rings. The van der Waals surface area contributed by atoms with Gasteiger partial charge < -0.3 is 5.32 Å². The summed E-state index contributed by atoms with van der Waals surface area (Å²) in [6.07, 6.45) is 4.90. The molecule has 0 amide bonds. The van der Waals surface area contributed by atoms with Gasteiger partial charge in [0.2, 0.25) is 0 Å². The van der Waals surface area contributed by atoms with Crippen molar-refractivity contribution < 1.29 is 0 Å². The largest absolute Gasteiger partial charge is 0.310 e. The van der Waals surface area contributed by atoms with Crippen molar-refractivity contribution in [2.75, 3.05) is 6.54 Å². The van der Waals surface area contributed by atoms with Gasteiger partial charge in [0.05, 0.1) is 0 Å². The van der Waals surface area contributed by atoms with Crippen LogP contribution >= 0.6 is 11.3 Å². The van der Waals surface area contributed by atoms with Crippen LogP contribution in [0, 0.1) is 0 Å². The van der Waals surface area contributed by atoms with Crippen molar-refractivity contribution in [3.8, 4) is 0 Å². The molecule has 0 radical (unpaired) electrons. The van der Waals surface area contributed by atoms with E-state index in [0.29, 0.717) is 6.04 Å². The molecule has 2 rings (SSSR count). The summed E-state index contributed by atoms with van der Waals surface area (Å²) in [5.74, 6) is 0. The van der Waals surface area contributed by atoms with Gasteiger partial charge in [0.25, 0.3) is 0 Å². The molecule has 2 heteroatoms. The molecule has 2 aromatic rings. The minimum atomic E-state index is 0.501. The Morgan fingerprint density at radius 1 is 1.11 bits per heavy atom. The first-order chi connectivity index (χ1) is 9.40. The van der Waals surface area contributed by atoms with E-state index in [1.807, 2.05) is 11.3 Å². The third-order valence-electron chi connectivity index (χ3n) is 3.39. The summed E-state index contributed by atoms with van der Waals surface area (Å²) in [7, 11) is 0. The van der Waals surface area contributed by atoms with Gasteiger partial charge in [-0.2, -0.15) is 0 Å². The fourth-order valence-electron chi connectivity index (χ4n) is 2.30.